The minimum absolute atomic E-state index is 0.0956. The number of rotatable bonds is 12. The second-order valence-corrected chi connectivity index (χ2v) is 10.1. The third kappa shape index (κ3) is 7.28. The van der Waals surface area contributed by atoms with Crippen molar-refractivity contribution in [1.82, 2.24) is 19.8 Å². The molecule has 2 aromatic rings. The first-order valence-corrected chi connectivity index (χ1v) is 12.8. The van der Waals surface area contributed by atoms with E-state index in [0.717, 1.165) is 25.9 Å². The highest BCUT2D eigenvalue weighted by Crippen LogP contribution is 2.19. The summed E-state index contributed by atoms with van der Waals surface area (Å²) in [6, 6.07) is 7.24. The van der Waals surface area contributed by atoms with E-state index in [1.54, 1.807) is 10.6 Å². The van der Waals surface area contributed by atoms with Crippen LogP contribution >= 0.6 is 11.8 Å². The number of para-hydroxylation sites is 1. The Balaban J connectivity index is 1.63. The molecule has 1 aliphatic heterocycles. The highest BCUT2D eigenvalue weighted by molar-refractivity contribution is 7.99. The fourth-order valence-corrected chi connectivity index (χ4v) is 4.83. The summed E-state index contributed by atoms with van der Waals surface area (Å²) in [7, 11) is 0. The maximum absolute atomic E-state index is 13.1. The molecule has 10 heteroatoms. The number of thioether (sulfide) groups is 1. The number of hydrogen-bond acceptors (Lipinski definition) is 7. The van der Waals surface area contributed by atoms with Gasteiger partial charge in [-0.15, -0.1) is 0 Å². The first kappa shape index (κ1) is 26.2. The average Bonchev–Trinajstić information content (AvgIpc) is 2.83. The minimum atomic E-state index is -0.316. The number of unbranched alkanes of at least 4 members (excludes halogenated alkanes) is 2. The lowest BCUT2D eigenvalue weighted by atomic mass is 10.0. The van der Waals surface area contributed by atoms with Crippen molar-refractivity contribution in [3.63, 3.8) is 0 Å². The van der Waals surface area contributed by atoms with Gasteiger partial charge in [-0.05, 0) is 38.8 Å². The van der Waals surface area contributed by atoms with Crippen molar-refractivity contribution < 1.29 is 14.3 Å². The molecule has 1 aromatic heterocycles. The summed E-state index contributed by atoms with van der Waals surface area (Å²) >= 11 is 1.27. The summed E-state index contributed by atoms with van der Waals surface area (Å²) in [5, 5.41) is 4.12. The topological polar surface area (TPSA) is 120 Å². The molecular weight excluding hydrogens is 454 g/mol. The van der Waals surface area contributed by atoms with Crippen LogP contribution < -0.4 is 16.6 Å². The highest BCUT2D eigenvalue weighted by Gasteiger charge is 2.28. The van der Waals surface area contributed by atoms with Gasteiger partial charge in [0.05, 0.1) is 29.9 Å². The molecule has 1 aliphatic rings. The quantitative estimate of drug-likeness (QED) is 0.265. The van der Waals surface area contributed by atoms with Crippen molar-refractivity contribution >= 4 is 34.5 Å². The summed E-state index contributed by atoms with van der Waals surface area (Å²) in [4.78, 5) is 43.7. The molecule has 0 bridgehead atoms. The SMILES string of the molecule is CC(C)(CNC(=O)CSc1nc2ccccc2c(=O)n1CCCCCC(N)=O)N1CCOCC1. The Morgan fingerprint density at radius 2 is 1.91 bits per heavy atom. The third-order valence-electron chi connectivity index (χ3n) is 6.05. The van der Waals surface area contributed by atoms with E-state index in [2.05, 4.69) is 29.0 Å². The number of nitrogens with zero attached hydrogens (tertiary/aromatic N) is 3. The molecule has 3 N–H and O–H groups in total. The molecule has 2 amide bonds. The second kappa shape index (κ2) is 12.3. The zero-order valence-corrected chi connectivity index (χ0v) is 20.9. The van der Waals surface area contributed by atoms with Crippen molar-refractivity contribution in [3.05, 3.63) is 34.6 Å². The van der Waals surface area contributed by atoms with Gasteiger partial charge in [0.2, 0.25) is 11.8 Å². The molecule has 1 aromatic carbocycles. The van der Waals surface area contributed by atoms with Crippen LogP contribution in [0.4, 0.5) is 0 Å². The average molecular weight is 490 g/mol. The summed E-state index contributed by atoms with van der Waals surface area (Å²) in [5.41, 5.74) is 5.54. The van der Waals surface area contributed by atoms with Crippen LogP contribution in [0.1, 0.15) is 39.5 Å². The molecule has 0 saturated carbocycles. The van der Waals surface area contributed by atoms with E-state index < -0.39 is 0 Å². The number of ether oxygens (including phenoxy) is 1. The van der Waals surface area contributed by atoms with E-state index in [4.69, 9.17) is 10.5 Å². The van der Waals surface area contributed by atoms with Crippen molar-refractivity contribution in [3.8, 4) is 0 Å². The van der Waals surface area contributed by atoms with Gasteiger partial charge in [0, 0.05) is 38.1 Å². The number of aromatic nitrogens is 2. The van der Waals surface area contributed by atoms with Crippen LogP contribution in [-0.4, -0.2) is 70.4 Å². The van der Waals surface area contributed by atoms with E-state index in [-0.39, 0.29) is 28.7 Å². The van der Waals surface area contributed by atoms with E-state index in [1.165, 1.54) is 11.8 Å². The lowest BCUT2D eigenvalue weighted by Gasteiger charge is -2.40. The normalized spacial score (nSPS) is 14.9. The Morgan fingerprint density at radius 1 is 1.18 bits per heavy atom. The molecule has 186 valence electrons. The Morgan fingerprint density at radius 3 is 2.65 bits per heavy atom. The van der Waals surface area contributed by atoms with Gasteiger partial charge >= 0.3 is 0 Å². The van der Waals surface area contributed by atoms with Crippen LogP contribution in [0.15, 0.2) is 34.2 Å². The molecule has 0 unspecified atom stereocenters. The highest BCUT2D eigenvalue weighted by atomic mass is 32.2. The monoisotopic (exact) mass is 489 g/mol. The van der Waals surface area contributed by atoms with Gasteiger partial charge in [0.1, 0.15) is 0 Å². The molecule has 34 heavy (non-hydrogen) atoms. The number of morpholine rings is 1. The number of nitrogens with two attached hydrogens (primary N) is 1. The molecule has 0 radical (unpaired) electrons. The standard InChI is InChI=1S/C24H35N5O4S/c1-24(2,28-12-14-33-15-13-28)17-26-21(31)16-34-23-27-19-9-6-5-8-18(19)22(32)29(23)11-7-3-4-10-20(25)30/h5-6,8-9H,3-4,7,10-17H2,1-2H3,(H2,25,30)(H,26,31). The summed E-state index contributed by atoms with van der Waals surface area (Å²) in [5.74, 6) is -0.239. The molecule has 9 nitrogen and oxygen atoms in total. The Kier molecular flexibility index (Phi) is 9.49. The summed E-state index contributed by atoms with van der Waals surface area (Å²) in [6.45, 7) is 8.36. The molecular formula is C24H35N5O4S. The van der Waals surface area contributed by atoms with Crippen molar-refractivity contribution in [1.29, 1.82) is 0 Å². The zero-order valence-electron chi connectivity index (χ0n) is 20.0. The largest absolute Gasteiger partial charge is 0.379 e. The van der Waals surface area contributed by atoms with Gasteiger partial charge in [-0.2, -0.15) is 0 Å². The van der Waals surface area contributed by atoms with Crippen molar-refractivity contribution in [2.75, 3.05) is 38.6 Å². The van der Waals surface area contributed by atoms with Gasteiger partial charge < -0.3 is 15.8 Å². The number of benzene rings is 1. The van der Waals surface area contributed by atoms with E-state index in [9.17, 15) is 14.4 Å². The van der Waals surface area contributed by atoms with E-state index in [1.807, 2.05) is 18.2 Å². The van der Waals surface area contributed by atoms with Gasteiger partial charge in [-0.25, -0.2) is 4.98 Å². The molecule has 0 atom stereocenters. The van der Waals surface area contributed by atoms with E-state index in [0.29, 0.717) is 55.2 Å². The van der Waals surface area contributed by atoms with Gasteiger partial charge in [-0.3, -0.25) is 23.9 Å². The maximum atomic E-state index is 13.1. The van der Waals surface area contributed by atoms with Gasteiger partial charge in [0.25, 0.3) is 5.56 Å². The molecule has 3 rings (SSSR count). The first-order valence-electron chi connectivity index (χ1n) is 11.8. The van der Waals surface area contributed by atoms with Gasteiger partial charge in [-0.1, -0.05) is 30.3 Å². The predicted molar refractivity (Wildman–Crippen MR) is 134 cm³/mol. The smallest absolute Gasteiger partial charge is 0.262 e. The first-order chi connectivity index (χ1) is 16.3. The zero-order chi connectivity index (χ0) is 24.6. The van der Waals surface area contributed by atoms with Crippen molar-refractivity contribution in [2.24, 2.45) is 5.73 Å². The Bertz CT molecular complexity index is 1050. The van der Waals surface area contributed by atoms with Crippen molar-refractivity contribution in [2.45, 2.75) is 56.8 Å². The number of carbonyl (C=O) groups excluding carboxylic acids is 2. The molecule has 0 aliphatic carbocycles. The predicted octanol–water partition coefficient (Wildman–Crippen LogP) is 1.76. The second-order valence-electron chi connectivity index (χ2n) is 9.12. The summed E-state index contributed by atoms with van der Waals surface area (Å²) in [6.07, 6.45) is 2.53. The third-order valence-corrected chi connectivity index (χ3v) is 7.03. The van der Waals surface area contributed by atoms with Crippen LogP contribution in [0.5, 0.6) is 0 Å². The Hall–Kier alpha value is -2.43. The van der Waals surface area contributed by atoms with Crippen LogP contribution in [0.2, 0.25) is 0 Å². The Labute approximate surface area is 204 Å². The number of nitrogens with one attached hydrogen (secondary N) is 1. The lowest BCUT2D eigenvalue weighted by molar-refractivity contribution is -0.119. The molecule has 0 spiro atoms. The number of amides is 2. The summed E-state index contributed by atoms with van der Waals surface area (Å²) < 4.78 is 7.06. The number of carbonyl (C=O) groups is 2. The maximum Gasteiger partial charge on any atom is 0.262 e. The van der Waals surface area contributed by atoms with Crippen LogP contribution in [0.25, 0.3) is 10.9 Å². The number of fused-ring (bicyclic) bond motifs is 1. The van der Waals surface area contributed by atoms with Crippen LogP contribution in [0.3, 0.4) is 0 Å². The minimum Gasteiger partial charge on any atom is -0.379 e. The molecule has 1 saturated heterocycles. The van der Waals surface area contributed by atoms with Crippen LogP contribution in [0, 0.1) is 0 Å². The van der Waals surface area contributed by atoms with E-state index >= 15 is 0 Å². The number of hydrogen-bond donors (Lipinski definition) is 2. The number of primary amides is 1. The molecule has 1 fully saturated rings. The fraction of sp³-hybridized carbons (Fsp3) is 0.583. The van der Waals surface area contributed by atoms with Gasteiger partial charge in [0.15, 0.2) is 5.16 Å². The fourth-order valence-electron chi connectivity index (χ4n) is 3.98. The molecule has 2 heterocycles. The van der Waals surface area contributed by atoms with Crippen LogP contribution in [-0.2, 0) is 20.9 Å². The lowest BCUT2D eigenvalue weighted by Crippen LogP contribution is -2.55.